The Kier molecular flexibility index (Phi) is 1.74. The lowest BCUT2D eigenvalue weighted by Gasteiger charge is -1.99. The highest BCUT2D eigenvalue weighted by Gasteiger charge is 2.24. The Morgan fingerprint density at radius 2 is 2.27 bits per heavy atom. The molecule has 1 aromatic carbocycles. The summed E-state index contributed by atoms with van der Waals surface area (Å²) in [6.07, 6.45) is 0.377. The molecule has 1 heterocycles. The molecule has 1 aliphatic heterocycles. The van der Waals surface area contributed by atoms with Gasteiger partial charge in [-0.05, 0) is 24.1 Å². The minimum atomic E-state index is 0.377. The van der Waals surface area contributed by atoms with Gasteiger partial charge < -0.3 is 4.74 Å². The number of benzene rings is 1. The molecular formula is C9H9BrO. The van der Waals surface area contributed by atoms with Gasteiger partial charge >= 0.3 is 0 Å². The summed E-state index contributed by atoms with van der Waals surface area (Å²) in [4.78, 5) is 0. The van der Waals surface area contributed by atoms with Gasteiger partial charge in [-0.3, -0.25) is 0 Å². The molecule has 0 radical (unpaired) electrons. The molecule has 1 atom stereocenters. The molecule has 0 saturated carbocycles. The summed E-state index contributed by atoms with van der Waals surface area (Å²) >= 11 is 3.46. The fraction of sp³-hybridized carbons (Fsp3) is 0.333. The number of halogens is 1. The molecule has 2 rings (SSSR count). The third-order valence-corrected chi connectivity index (χ3v) is 2.78. The largest absolute Gasteiger partial charge is 0.368 e. The smallest absolute Gasteiger partial charge is 0.106 e. The fourth-order valence-electron chi connectivity index (χ4n) is 1.11. The van der Waals surface area contributed by atoms with Crippen LogP contribution < -0.4 is 0 Å². The van der Waals surface area contributed by atoms with Crippen molar-refractivity contribution >= 4 is 15.9 Å². The Morgan fingerprint density at radius 3 is 2.82 bits per heavy atom. The SMILES string of the molecule is Cc1cc([C@H]2CO2)ccc1Br. The summed E-state index contributed by atoms with van der Waals surface area (Å²) in [5, 5.41) is 0. The second kappa shape index (κ2) is 2.61. The van der Waals surface area contributed by atoms with E-state index in [1.54, 1.807) is 0 Å². The molecule has 0 unspecified atom stereocenters. The predicted molar refractivity (Wildman–Crippen MR) is 47.6 cm³/mol. The van der Waals surface area contributed by atoms with Gasteiger partial charge in [-0.1, -0.05) is 28.1 Å². The summed E-state index contributed by atoms with van der Waals surface area (Å²) in [7, 11) is 0. The van der Waals surface area contributed by atoms with Crippen molar-refractivity contribution in [3.05, 3.63) is 33.8 Å². The summed E-state index contributed by atoms with van der Waals surface area (Å²) in [5.41, 5.74) is 2.57. The first kappa shape index (κ1) is 7.32. The number of rotatable bonds is 1. The van der Waals surface area contributed by atoms with E-state index >= 15 is 0 Å². The van der Waals surface area contributed by atoms with Gasteiger partial charge in [0.15, 0.2) is 0 Å². The molecule has 0 amide bonds. The van der Waals surface area contributed by atoms with Gasteiger partial charge in [0, 0.05) is 4.47 Å². The van der Waals surface area contributed by atoms with Crippen LogP contribution >= 0.6 is 15.9 Å². The molecule has 0 N–H and O–H groups in total. The van der Waals surface area contributed by atoms with Crippen molar-refractivity contribution in [1.82, 2.24) is 0 Å². The average Bonchev–Trinajstić information content (AvgIpc) is 2.77. The molecule has 58 valence electrons. The van der Waals surface area contributed by atoms with E-state index in [1.165, 1.54) is 15.6 Å². The van der Waals surface area contributed by atoms with Crippen LogP contribution in [-0.4, -0.2) is 6.61 Å². The Morgan fingerprint density at radius 1 is 1.55 bits per heavy atom. The number of aryl methyl sites for hydroxylation is 1. The summed E-state index contributed by atoms with van der Waals surface area (Å²) in [6.45, 7) is 2.98. The Balaban J connectivity index is 2.36. The van der Waals surface area contributed by atoms with Crippen molar-refractivity contribution in [2.45, 2.75) is 13.0 Å². The monoisotopic (exact) mass is 212 g/mol. The van der Waals surface area contributed by atoms with E-state index in [1.807, 2.05) is 0 Å². The van der Waals surface area contributed by atoms with Gasteiger partial charge in [0.05, 0.1) is 6.61 Å². The second-order valence-electron chi connectivity index (χ2n) is 2.83. The minimum Gasteiger partial charge on any atom is -0.368 e. The van der Waals surface area contributed by atoms with Gasteiger partial charge in [0.25, 0.3) is 0 Å². The normalized spacial score (nSPS) is 21.8. The van der Waals surface area contributed by atoms with E-state index < -0.39 is 0 Å². The molecule has 0 aromatic heterocycles. The van der Waals surface area contributed by atoms with Crippen LogP contribution in [0, 0.1) is 6.92 Å². The van der Waals surface area contributed by atoms with Crippen LogP contribution in [0.1, 0.15) is 17.2 Å². The average molecular weight is 213 g/mol. The van der Waals surface area contributed by atoms with Crippen molar-refractivity contribution < 1.29 is 4.74 Å². The second-order valence-corrected chi connectivity index (χ2v) is 3.68. The lowest BCUT2D eigenvalue weighted by atomic mass is 10.1. The molecule has 1 saturated heterocycles. The molecule has 0 aliphatic carbocycles. The predicted octanol–water partition coefficient (Wildman–Crippen LogP) is 2.83. The molecule has 1 nitrogen and oxygen atoms in total. The molecule has 1 aromatic rings. The van der Waals surface area contributed by atoms with E-state index in [9.17, 15) is 0 Å². The van der Waals surface area contributed by atoms with Crippen molar-refractivity contribution in [3.8, 4) is 0 Å². The quantitative estimate of drug-likeness (QED) is 0.653. The molecule has 11 heavy (non-hydrogen) atoms. The van der Waals surface area contributed by atoms with Crippen LogP contribution in [0.3, 0.4) is 0 Å². The minimum absolute atomic E-state index is 0.377. The van der Waals surface area contributed by atoms with E-state index in [-0.39, 0.29) is 0 Å². The van der Waals surface area contributed by atoms with Crippen molar-refractivity contribution in [2.75, 3.05) is 6.61 Å². The van der Waals surface area contributed by atoms with Crippen LogP contribution in [0.25, 0.3) is 0 Å². The molecule has 1 aliphatic rings. The highest BCUT2D eigenvalue weighted by atomic mass is 79.9. The molecular weight excluding hydrogens is 204 g/mol. The van der Waals surface area contributed by atoms with Crippen molar-refractivity contribution in [2.24, 2.45) is 0 Å². The number of epoxide rings is 1. The van der Waals surface area contributed by atoms with Crippen LogP contribution in [0.15, 0.2) is 22.7 Å². The van der Waals surface area contributed by atoms with Gasteiger partial charge in [-0.2, -0.15) is 0 Å². The van der Waals surface area contributed by atoms with E-state index in [2.05, 4.69) is 41.1 Å². The van der Waals surface area contributed by atoms with Gasteiger partial charge in [0.1, 0.15) is 6.10 Å². The molecule has 1 fully saturated rings. The van der Waals surface area contributed by atoms with E-state index in [0.29, 0.717) is 6.10 Å². The number of hydrogen-bond donors (Lipinski definition) is 0. The first-order valence-corrected chi connectivity index (χ1v) is 4.44. The highest BCUT2D eigenvalue weighted by Crippen LogP contribution is 2.31. The van der Waals surface area contributed by atoms with Crippen molar-refractivity contribution in [1.29, 1.82) is 0 Å². The maximum absolute atomic E-state index is 5.17. The lowest BCUT2D eigenvalue weighted by Crippen LogP contribution is -1.82. The van der Waals surface area contributed by atoms with Crippen LogP contribution in [-0.2, 0) is 4.74 Å². The van der Waals surface area contributed by atoms with E-state index in [0.717, 1.165) is 6.61 Å². The number of ether oxygens (including phenoxy) is 1. The number of hydrogen-bond acceptors (Lipinski definition) is 1. The zero-order chi connectivity index (χ0) is 7.84. The lowest BCUT2D eigenvalue weighted by molar-refractivity contribution is 0.415. The molecule has 0 spiro atoms. The topological polar surface area (TPSA) is 12.5 Å². The Bertz CT molecular complexity index is 279. The van der Waals surface area contributed by atoms with E-state index in [4.69, 9.17) is 4.74 Å². The summed E-state index contributed by atoms with van der Waals surface area (Å²) in [5.74, 6) is 0. The molecule has 0 bridgehead atoms. The first-order valence-electron chi connectivity index (χ1n) is 3.65. The first-order chi connectivity index (χ1) is 5.27. The van der Waals surface area contributed by atoms with Gasteiger partial charge in [-0.15, -0.1) is 0 Å². The van der Waals surface area contributed by atoms with Crippen LogP contribution in [0.4, 0.5) is 0 Å². The van der Waals surface area contributed by atoms with Crippen LogP contribution in [0.5, 0.6) is 0 Å². The Labute approximate surface area is 74.5 Å². The summed E-state index contributed by atoms with van der Waals surface area (Å²) in [6, 6.07) is 6.35. The van der Waals surface area contributed by atoms with Gasteiger partial charge in [-0.25, -0.2) is 0 Å². The highest BCUT2D eigenvalue weighted by molar-refractivity contribution is 9.10. The van der Waals surface area contributed by atoms with Crippen molar-refractivity contribution in [3.63, 3.8) is 0 Å². The maximum atomic E-state index is 5.17. The summed E-state index contributed by atoms with van der Waals surface area (Å²) < 4.78 is 6.34. The zero-order valence-electron chi connectivity index (χ0n) is 6.30. The van der Waals surface area contributed by atoms with Crippen LogP contribution in [0.2, 0.25) is 0 Å². The molecule has 2 heteroatoms. The standard InChI is InChI=1S/C9H9BrO/c1-6-4-7(9-5-11-9)2-3-8(6)10/h2-4,9H,5H2,1H3/t9-/m1/s1. The third-order valence-electron chi connectivity index (χ3n) is 1.89. The Hall–Kier alpha value is -0.340. The maximum Gasteiger partial charge on any atom is 0.106 e. The zero-order valence-corrected chi connectivity index (χ0v) is 7.89. The van der Waals surface area contributed by atoms with Gasteiger partial charge in [0.2, 0.25) is 0 Å². The third kappa shape index (κ3) is 1.47. The fourth-order valence-corrected chi connectivity index (χ4v) is 1.36.